The van der Waals surface area contributed by atoms with Crippen molar-refractivity contribution in [2.75, 3.05) is 0 Å². The lowest BCUT2D eigenvalue weighted by molar-refractivity contribution is 0.0828. The van der Waals surface area contributed by atoms with E-state index in [0.717, 1.165) is 63.6 Å². The molecule has 0 spiro atoms. The quantitative estimate of drug-likeness (QED) is 0.0522. The van der Waals surface area contributed by atoms with Gasteiger partial charge in [0.1, 0.15) is 0 Å². The molecule has 0 saturated carbocycles. The van der Waals surface area contributed by atoms with Crippen LogP contribution in [0.25, 0.3) is 43.1 Å². The zero-order valence-electron chi connectivity index (χ0n) is 27.7. The Kier molecular flexibility index (Phi) is 8.69. The van der Waals surface area contributed by atoms with E-state index < -0.39 is 0 Å². The molecule has 0 bridgehead atoms. The fourth-order valence-electron chi connectivity index (χ4n) is 8.37. The molecule has 2 N–H and O–H groups in total. The minimum absolute atomic E-state index is 0.238. The highest BCUT2D eigenvalue weighted by Crippen LogP contribution is 2.48. The number of fused-ring (bicyclic) bond motifs is 2. The van der Waals surface area contributed by atoms with Crippen LogP contribution < -0.4 is 10.6 Å². The lowest BCUT2D eigenvalue weighted by atomic mass is 9.77. The molecule has 0 fully saturated rings. The molecule has 47 heavy (non-hydrogen) atoms. The van der Waals surface area contributed by atoms with Gasteiger partial charge in [-0.3, -0.25) is 29.8 Å². The summed E-state index contributed by atoms with van der Waals surface area (Å²) in [6, 6.07) is 13.5. The van der Waals surface area contributed by atoms with Crippen molar-refractivity contribution in [2.24, 2.45) is 0 Å². The minimum atomic E-state index is -0.381. The third-order valence-electron chi connectivity index (χ3n) is 10.7. The fourth-order valence-corrected chi connectivity index (χ4v) is 8.37. The van der Waals surface area contributed by atoms with E-state index in [1.165, 1.54) is 64.2 Å². The molecule has 2 aliphatic rings. The second-order valence-electron chi connectivity index (χ2n) is 13.7. The van der Waals surface area contributed by atoms with Crippen molar-refractivity contribution in [3.8, 4) is 0 Å². The summed E-state index contributed by atoms with van der Waals surface area (Å²) >= 11 is 0. The van der Waals surface area contributed by atoms with Gasteiger partial charge >= 0.3 is 0 Å². The van der Waals surface area contributed by atoms with Gasteiger partial charge in [-0.1, -0.05) is 109 Å². The van der Waals surface area contributed by atoms with Gasteiger partial charge in [-0.15, -0.1) is 0 Å². The van der Waals surface area contributed by atoms with Crippen LogP contribution in [0.2, 0.25) is 0 Å². The Balaban J connectivity index is 1.47. The molecule has 0 atom stereocenters. The highest BCUT2D eigenvalue weighted by Gasteiger charge is 2.33. The first kappa shape index (κ1) is 31.3. The molecule has 0 aliphatic carbocycles. The minimum Gasteiger partial charge on any atom is -0.288 e. The third kappa shape index (κ3) is 5.36. The molecule has 242 valence electrons. The summed E-state index contributed by atoms with van der Waals surface area (Å²) in [6.07, 6.45) is 16.7. The molecule has 2 aliphatic heterocycles. The van der Waals surface area contributed by atoms with Crippen LogP contribution in [0, 0.1) is 0 Å². The fraction of sp³-hybridized carbons (Fsp3) is 0.415. The highest BCUT2D eigenvalue weighted by molar-refractivity contribution is 6.41. The first-order valence-corrected chi connectivity index (χ1v) is 17.9. The first-order valence-electron chi connectivity index (χ1n) is 17.9. The summed E-state index contributed by atoms with van der Waals surface area (Å²) in [7, 11) is 0. The summed E-state index contributed by atoms with van der Waals surface area (Å²) in [5.41, 5.74) is 3.23. The Morgan fingerprint density at radius 3 is 1.40 bits per heavy atom. The second kappa shape index (κ2) is 13.1. The van der Waals surface area contributed by atoms with Crippen LogP contribution in [0.1, 0.15) is 157 Å². The summed E-state index contributed by atoms with van der Waals surface area (Å²) in [6.45, 7) is 4.49. The predicted octanol–water partition coefficient (Wildman–Crippen LogP) is 10.1. The van der Waals surface area contributed by atoms with E-state index >= 15 is 0 Å². The molecule has 5 aromatic rings. The second-order valence-corrected chi connectivity index (χ2v) is 13.7. The number of nitrogens with one attached hydrogen (secondary N) is 2. The molecule has 6 heteroatoms. The summed E-state index contributed by atoms with van der Waals surface area (Å²) in [4.78, 5) is 52.8. The summed E-state index contributed by atoms with van der Waals surface area (Å²) < 4.78 is 0. The largest absolute Gasteiger partial charge is 0.288 e. The SMILES string of the molecule is CCCCCCCCC(CCCCCCCC)c1cc2c3c(ccc4c5ccc6c7c(ccc(c1c34)c75)C(=O)NC6=O)C(=O)NC2=O. The number of benzene rings is 5. The number of carbonyl (C=O) groups excluding carboxylic acids is 4. The van der Waals surface area contributed by atoms with Crippen LogP contribution >= 0.6 is 0 Å². The number of hydrogen-bond acceptors (Lipinski definition) is 4. The van der Waals surface area contributed by atoms with Crippen LogP contribution in [-0.4, -0.2) is 23.6 Å². The number of rotatable bonds is 15. The van der Waals surface area contributed by atoms with Crippen LogP contribution in [-0.2, 0) is 0 Å². The van der Waals surface area contributed by atoms with Crippen molar-refractivity contribution in [1.82, 2.24) is 10.6 Å². The van der Waals surface area contributed by atoms with Gasteiger partial charge in [0.2, 0.25) is 0 Å². The van der Waals surface area contributed by atoms with Gasteiger partial charge in [0.15, 0.2) is 0 Å². The van der Waals surface area contributed by atoms with Crippen LogP contribution in [0.3, 0.4) is 0 Å². The van der Waals surface area contributed by atoms with E-state index in [0.29, 0.717) is 33.0 Å². The van der Waals surface area contributed by atoms with Crippen molar-refractivity contribution < 1.29 is 19.2 Å². The molecule has 6 nitrogen and oxygen atoms in total. The molecular formula is C41H44N2O4. The number of unbranched alkanes of at least 4 members (excludes halogenated alkanes) is 10. The molecular weight excluding hydrogens is 584 g/mol. The van der Waals surface area contributed by atoms with Gasteiger partial charge < -0.3 is 0 Å². The zero-order chi connectivity index (χ0) is 32.7. The highest BCUT2D eigenvalue weighted by atomic mass is 16.2. The maximum Gasteiger partial charge on any atom is 0.258 e. The normalized spacial score (nSPS) is 14.4. The van der Waals surface area contributed by atoms with Crippen LogP contribution in [0.15, 0.2) is 42.5 Å². The lowest BCUT2D eigenvalue weighted by Crippen LogP contribution is -2.35. The third-order valence-corrected chi connectivity index (χ3v) is 10.7. The average Bonchev–Trinajstić information content (AvgIpc) is 3.07. The Morgan fingerprint density at radius 2 is 0.872 bits per heavy atom. The zero-order valence-corrected chi connectivity index (χ0v) is 27.7. The Bertz CT molecular complexity index is 2020. The number of imide groups is 2. The van der Waals surface area contributed by atoms with Gasteiger partial charge in [-0.2, -0.15) is 0 Å². The van der Waals surface area contributed by atoms with Crippen molar-refractivity contribution in [3.05, 3.63) is 70.3 Å². The Morgan fingerprint density at radius 1 is 0.447 bits per heavy atom. The van der Waals surface area contributed by atoms with Crippen molar-refractivity contribution in [2.45, 2.75) is 110 Å². The lowest BCUT2D eigenvalue weighted by Gasteiger charge is -2.28. The standard InChI is InChI=1S/C41H44N2O4/c1-3-5-7-9-11-13-15-24(16-14-12-10-8-6-4-2)31-23-32-36-30(40(46)43-41(32)47)21-18-26-25-17-20-28-35-29(39(45)42-38(28)44)22-19-27(33(25)35)34(31)37(26)36/h17-24H,3-16H2,1-2H3,(H,42,44,45)(H,43,46,47). The molecule has 0 saturated heterocycles. The van der Waals surface area contributed by atoms with E-state index in [-0.39, 0.29) is 29.5 Å². The molecule has 4 amide bonds. The number of carbonyl (C=O) groups is 4. The summed E-state index contributed by atoms with van der Waals surface area (Å²) in [5.74, 6) is -1.24. The van der Waals surface area contributed by atoms with Crippen molar-refractivity contribution >= 4 is 66.7 Å². The topological polar surface area (TPSA) is 92.3 Å². The maximum atomic E-state index is 13.5. The number of hydrogen-bond donors (Lipinski definition) is 2. The van der Waals surface area contributed by atoms with Crippen LogP contribution in [0.5, 0.6) is 0 Å². The average molecular weight is 629 g/mol. The smallest absolute Gasteiger partial charge is 0.258 e. The molecule has 7 rings (SSSR count). The maximum absolute atomic E-state index is 13.5. The molecule has 2 heterocycles. The van der Waals surface area contributed by atoms with Gasteiger partial charge in [0, 0.05) is 33.0 Å². The van der Waals surface area contributed by atoms with Gasteiger partial charge in [-0.05, 0) is 80.9 Å². The van der Waals surface area contributed by atoms with E-state index in [9.17, 15) is 19.2 Å². The Labute approximate surface area is 276 Å². The van der Waals surface area contributed by atoms with Crippen molar-refractivity contribution in [3.63, 3.8) is 0 Å². The monoisotopic (exact) mass is 628 g/mol. The van der Waals surface area contributed by atoms with Crippen molar-refractivity contribution in [1.29, 1.82) is 0 Å². The van der Waals surface area contributed by atoms with E-state index in [1.54, 1.807) is 6.07 Å². The van der Waals surface area contributed by atoms with E-state index in [4.69, 9.17) is 0 Å². The van der Waals surface area contributed by atoms with E-state index in [1.807, 2.05) is 30.3 Å². The molecule has 0 unspecified atom stereocenters. The predicted molar refractivity (Wildman–Crippen MR) is 190 cm³/mol. The van der Waals surface area contributed by atoms with Crippen LogP contribution in [0.4, 0.5) is 0 Å². The number of amides is 4. The summed E-state index contributed by atoms with van der Waals surface area (Å²) in [5, 5.41) is 12.2. The molecule has 5 aromatic carbocycles. The van der Waals surface area contributed by atoms with Gasteiger partial charge in [0.05, 0.1) is 0 Å². The molecule has 0 aromatic heterocycles. The van der Waals surface area contributed by atoms with E-state index in [2.05, 4.69) is 30.5 Å². The van der Waals surface area contributed by atoms with Gasteiger partial charge in [0.25, 0.3) is 23.6 Å². The van der Waals surface area contributed by atoms with Gasteiger partial charge in [-0.25, -0.2) is 0 Å². The molecule has 0 radical (unpaired) electrons. The Hall–Kier alpha value is -4.32. The first-order chi connectivity index (χ1) is 22.9.